The van der Waals surface area contributed by atoms with Crippen LogP contribution in [-0.2, 0) is 9.53 Å². The number of esters is 1. The molecule has 3 nitrogen and oxygen atoms in total. The number of carbonyl (C=O) groups excluding carboxylic acids is 1. The standard InChI is InChI=1S/C10H14O3/c1-7(2)9(10(11)12-3)8-4-5-13-6-8/h4-7,9H,1-3H3. The lowest BCUT2D eigenvalue weighted by Crippen LogP contribution is -2.18. The van der Waals surface area contributed by atoms with Gasteiger partial charge in [0.05, 0.1) is 25.6 Å². The molecule has 3 heteroatoms. The second kappa shape index (κ2) is 4.12. The summed E-state index contributed by atoms with van der Waals surface area (Å²) in [5, 5.41) is 0. The van der Waals surface area contributed by atoms with Crippen LogP contribution in [-0.4, -0.2) is 13.1 Å². The molecule has 1 heterocycles. The van der Waals surface area contributed by atoms with E-state index in [0.29, 0.717) is 0 Å². The van der Waals surface area contributed by atoms with Gasteiger partial charge in [0.2, 0.25) is 0 Å². The van der Waals surface area contributed by atoms with Gasteiger partial charge in [-0.2, -0.15) is 0 Å². The molecular formula is C10H14O3. The van der Waals surface area contributed by atoms with Crippen LogP contribution < -0.4 is 0 Å². The summed E-state index contributed by atoms with van der Waals surface area (Å²) < 4.78 is 9.65. The minimum absolute atomic E-state index is 0.212. The Morgan fingerprint density at radius 2 is 2.23 bits per heavy atom. The van der Waals surface area contributed by atoms with Crippen LogP contribution in [0.3, 0.4) is 0 Å². The largest absolute Gasteiger partial charge is 0.472 e. The maximum atomic E-state index is 11.4. The Hall–Kier alpha value is -1.25. The van der Waals surface area contributed by atoms with E-state index in [4.69, 9.17) is 9.15 Å². The minimum Gasteiger partial charge on any atom is -0.472 e. The average molecular weight is 182 g/mol. The van der Waals surface area contributed by atoms with E-state index >= 15 is 0 Å². The number of methoxy groups -OCH3 is 1. The molecular weight excluding hydrogens is 168 g/mol. The lowest BCUT2D eigenvalue weighted by molar-refractivity contribution is -0.143. The molecule has 72 valence electrons. The number of ether oxygens (including phenoxy) is 1. The first-order valence-corrected chi connectivity index (χ1v) is 4.26. The van der Waals surface area contributed by atoms with Crippen molar-refractivity contribution in [3.8, 4) is 0 Å². The zero-order chi connectivity index (χ0) is 9.84. The molecule has 0 bridgehead atoms. The van der Waals surface area contributed by atoms with Crippen molar-refractivity contribution in [2.45, 2.75) is 19.8 Å². The number of carbonyl (C=O) groups is 1. The molecule has 0 saturated carbocycles. The van der Waals surface area contributed by atoms with Crippen LogP contribution >= 0.6 is 0 Å². The van der Waals surface area contributed by atoms with E-state index < -0.39 is 0 Å². The molecule has 0 amide bonds. The van der Waals surface area contributed by atoms with Crippen LogP contribution in [0.5, 0.6) is 0 Å². The van der Waals surface area contributed by atoms with Crippen molar-refractivity contribution in [2.75, 3.05) is 7.11 Å². The van der Waals surface area contributed by atoms with Crippen molar-refractivity contribution in [3.63, 3.8) is 0 Å². The summed E-state index contributed by atoms with van der Waals surface area (Å²) in [7, 11) is 1.40. The Bertz CT molecular complexity index is 262. The maximum absolute atomic E-state index is 11.4. The molecule has 0 spiro atoms. The predicted octanol–water partition coefficient (Wildman–Crippen LogP) is 2.19. The van der Waals surface area contributed by atoms with Crippen molar-refractivity contribution < 1.29 is 13.9 Å². The van der Waals surface area contributed by atoms with Gasteiger partial charge < -0.3 is 9.15 Å². The van der Waals surface area contributed by atoms with Crippen molar-refractivity contribution in [2.24, 2.45) is 5.92 Å². The molecule has 1 rings (SSSR count). The highest BCUT2D eigenvalue weighted by molar-refractivity contribution is 5.78. The van der Waals surface area contributed by atoms with Crippen LogP contribution in [0.25, 0.3) is 0 Å². The van der Waals surface area contributed by atoms with Gasteiger partial charge in [0, 0.05) is 5.56 Å². The van der Waals surface area contributed by atoms with Gasteiger partial charge in [-0.3, -0.25) is 4.79 Å². The van der Waals surface area contributed by atoms with E-state index in [2.05, 4.69) is 0 Å². The van der Waals surface area contributed by atoms with Crippen LogP contribution in [0.4, 0.5) is 0 Å². The van der Waals surface area contributed by atoms with Crippen LogP contribution in [0, 0.1) is 5.92 Å². The normalized spacial score (nSPS) is 12.9. The summed E-state index contributed by atoms with van der Waals surface area (Å²) in [5.74, 6) is -0.217. The Labute approximate surface area is 77.7 Å². The number of hydrogen-bond acceptors (Lipinski definition) is 3. The average Bonchev–Trinajstić information content (AvgIpc) is 2.56. The molecule has 1 aromatic rings. The predicted molar refractivity (Wildman–Crippen MR) is 48.3 cm³/mol. The lowest BCUT2D eigenvalue weighted by atomic mass is 9.90. The molecule has 13 heavy (non-hydrogen) atoms. The SMILES string of the molecule is COC(=O)C(c1ccoc1)C(C)C. The Balaban J connectivity index is 2.87. The van der Waals surface area contributed by atoms with E-state index in [-0.39, 0.29) is 17.8 Å². The first-order chi connectivity index (χ1) is 6.16. The van der Waals surface area contributed by atoms with Crippen molar-refractivity contribution in [1.82, 2.24) is 0 Å². The highest BCUT2D eigenvalue weighted by atomic mass is 16.5. The number of rotatable bonds is 3. The Morgan fingerprint density at radius 3 is 2.62 bits per heavy atom. The fourth-order valence-corrected chi connectivity index (χ4v) is 1.37. The van der Waals surface area contributed by atoms with Crippen molar-refractivity contribution in [1.29, 1.82) is 0 Å². The minimum atomic E-state index is -0.219. The molecule has 0 aromatic carbocycles. The monoisotopic (exact) mass is 182 g/mol. The maximum Gasteiger partial charge on any atom is 0.313 e. The molecule has 1 aromatic heterocycles. The highest BCUT2D eigenvalue weighted by Gasteiger charge is 2.25. The Morgan fingerprint density at radius 1 is 1.54 bits per heavy atom. The summed E-state index contributed by atoms with van der Waals surface area (Å²) >= 11 is 0. The lowest BCUT2D eigenvalue weighted by Gasteiger charge is -2.16. The third-order valence-electron chi connectivity index (χ3n) is 2.02. The fraction of sp³-hybridized carbons (Fsp3) is 0.500. The van der Waals surface area contributed by atoms with Gasteiger partial charge in [0.15, 0.2) is 0 Å². The molecule has 1 unspecified atom stereocenters. The molecule has 1 atom stereocenters. The van der Waals surface area contributed by atoms with Gasteiger partial charge in [-0.1, -0.05) is 13.8 Å². The molecule has 0 fully saturated rings. The van der Waals surface area contributed by atoms with E-state index in [0.717, 1.165) is 5.56 Å². The summed E-state index contributed by atoms with van der Waals surface area (Å²) in [6.07, 6.45) is 3.15. The van der Waals surface area contributed by atoms with Crippen molar-refractivity contribution in [3.05, 3.63) is 24.2 Å². The van der Waals surface area contributed by atoms with E-state index in [1.54, 1.807) is 18.6 Å². The third-order valence-corrected chi connectivity index (χ3v) is 2.02. The molecule has 0 aliphatic carbocycles. The number of hydrogen-bond donors (Lipinski definition) is 0. The second-order valence-corrected chi connectivity index (χ2v) is 3.30. The van der Waals surface area contributed by atoms with Crippen LogP contribution in [0.2, 0.25) is 0 Å². The number of furan rings is 1. The first kappa shape index (κ1) is 9.84. The molecule has 0 N–H and O–H groups in total. The van der Waals surface area contributed by atoms with E-state index in [1.165, 1.54) is 7.11 Å². The van der Waals surface area contributed by atoms with Crippen LogP contribution in [0.1, 0.15) is 25.3 Å². The smallest absolute Gasteiger partial charge is 0.313 e. The second-order valence-electron chi connectivity index (χ2n) is 3.30. The third kappa shape index (κ3) is 2.11. The van der Waals surface area contributed by atoms with Gasteiger partial charge in [-0.05, 0) is 12.0 Å². The van der Waals surface area contributed by atoms with E-state index in [9.17, 15) is 4.79 Å². The molecule has 0 aliphatic heterocycles. The van der Waals surface area contributed by atoms with Gasteiger partial charge >= 0.3 is 5.97 Å². The van der Waals surface area contributed by atoms with Gasteiger partial charge in [0.25, 0.3) is 0 Å². The van der Waals surface area contributed by atoms with Gasteiger partial charge in [-0.25, -0.2) is 0 Å². The summed E-state index contributed by atoms with van der Waals surface area (Å²) in [5.41, 5.74) is 0.877. The summed E-state index contributed by atoms with van der Waals surface area (Å²) in [6, 6.07) is 1.79. The zero-order valence-corrected chi connectivity index (χ0v) is 8.11. The molecule has 0 radical (unpaired) electrons. The zero-order valence-electron chi connectivity index (χ0n) is 8.11. The van der Waals surface area contributed by atoms with E-state index in [1.807, 2.05) is 13.8 Å². The Kier molecular flexibility index (Phi) is 3.12. The molecule has 0 aliphatic rings. The highest BCUT2D eigenvalue weighted by Crippen LogP contribution is 2.25. The summed E-state index contributed by atoms with van der Waals surface area (Å²) in [6.45, 7) is 3.96. The molecule has 0 saturated heterocycles. The van der Waals surface area contributed by atoms with Crippen LogP contribution in [0.15, 0.2) is 23.0 Å². The quantitative estimate of drug-likeness (QED) is 0.672. The van der Waals surface area contributed by atoms with Crippen molar-refractivity contribution >= 4 is 5.97 Å². The first-order valence-electron chi connectivity index (χ1n) is 4.26. The topological polar surface area (TPSA) is 39.4 Å². The van der Waals surface area contributed by atoms with Gasteiger partial charge in [-0.15, -0.1) is 0 Å². The fourth-order valence-electron chi connectivity index (χ4n) is 1.37. The summed E-state index contributed by atoms with van der Waals surface area (Å²) in [4.78, 5) is 11.4. The van der Waals surface area contributed by atoms with Gasteiger partial charge in [0.1, 0.15) is 0 Å².